The fourth-order valence-corrected chi connectivity index (χ4v) is 3.18. The molecule has 1 aromatic heterocycles. The highest BCUT2D eigenvalue weighted by Crippen LogP contribution is 2.27. The molecule has 6 heteroatoms. The molecule has 1 unspecified atom stereocenters. The molecule has 132 valence electrons. The number of benzene rings is 1. The Morgan fingerprint density at radius 2 is 1.88 bits per heavy atom. The number of nitrogens with one attached hydrogen (secondary N) is 2. The van der Waals surface area contributed by atoms with E-state index in [2.05, 4.69) is 33.7 Å². The molecule has 0 radical (unpaired) electrons. The minimum absolute atomic E-state index is 0.110. The Balaban J connectivity index is 1.71. The van der Waals surface area contributed by atoms with Gasteiger partial charge < -0.3 is 15.1 Å². The molecule has 0 aliphatic carbocycles. The van der Waals surface area contributed by atoms with Crippen molar-refractivity contribution in [1.29, 1.82) is 0 Å². The van der Waals surface area contributed by atoms with Gasteiger partial charge in [-0.1, -0.05) is 24.3 Å². The van der Waals surface area contributed by atoms with Gasteiger partial charge in [-0.3, -0.25) is 14.5 Å². The molecule has 2 N–H and O–H groups in total. The fourth-order valence-electron chi connectivity index (χ4n) is 3.18. The predicted octanol–water partition coefficient (Wildman–Crippen LogP) is 1.63. The molecular weight excluding hydrogens is 318 g/mol. The molecule has 1 atom stereocenters. The van der Waals surface area contributed by atoms with E-state index in [0.29, 0.717) is 13.1 Å². The molecule has 1 aromatic carbocycles. The molecule has 0 saturated carbocycles. The number of likely N-dealkylation sites (N-methyl/N-ethyl adjacent to an activating group) is 1. The van der Waals surface area contributed by atoms with Crippen molar-refractivity contribution in [3.05, 3.63) is 59.5 Å². The van der Waals surface area contributed by atoms with Crippen molar-refractivity contribution < 1.29 is 14.0 Å². The standard InChI is InChI=1S/C19H23N3O3/c1-2-20-18(23)19(24)21-12-16(17-8-5-11-25-17)22-10-9-14-6-3-4-7-15(14)13-22/h3-8,11,16H,2,9-10,12-13H2,1H3,(H,20,23)(H,21,24). The van der Waals surface area contributed by atoms with E-state index in [1.165, 1.54) is 11.1 Å². The van der Waals surface area contributed by atoms with Gasteiger partial charge in [0.15, 0.2) is 0 Å². The van der Waals surface area contributed by atoms with Crippen molar-refractivity contribution >= 4 is 11.8 Å². The number of nitrogens with zero attached hydrogens (tertiary/aromatic N) is 1. The number of fused-ring (bicyclic) bond motifs is 1. The van der Waals surface area contributed by atoms with E-state index in [1.54, 1.807) is 13.2 Å². The molecule has 2 aromatic rings. The first kappa shape index (κ1) is 17.2. The number of amides is 2. The van der Waals surface area contributed by atoms with E-state index in [0.717, 1.165) is 25.3 Å². The van der Waals surface area contributed by atoms with Gasteiger partial charge >= 0.3 is 11.8 Å². The van der Waals surface area contributed by atoms with Crippen molar-refractivity contribution in [1.82, 2.24) is 15.5 Å². The second kappa shape index (κ2) is 7.98. The Kier molecular flexibility index (Phi) is 5.50. The lowest BCUT2D eigenvalue weighted by Crippen LogP contribution is -2.45. The second-order valence-corrected chi connectivity index (χ2v) is 6.09. The lowest BCUT2D eigenvalue weighted by atomic mass is 9.98. The zero-order valence-electron chi connectivity index (χ0n) is 14.3. The van der Waals surface area contributed by atoms with Crippen LogP contribution in [0.5, 0.6) is 0 Å². The zero-order valence-corrected chi connectivity index (χ0v) is 14.3. The number of hydrogen-bond donors (Lipinski definition) is 2. The van der Waals surface area contributed by atoms with Crippen LogP contribution in [0.1, 0.15) is 29.9 Å². The third-order valence-electron chi connectivity index (χ3n) is 4.47. The fraction of sp³-hybridized carbons (Fsp3) is 0.368. The maximum atomic E-state index is 11.9. The summed E-state index contributed by atoms with van der Waals surface area (Å²) in [5, 5.41) is 5.23. The first-order chi connectivity index (χ1) is 12.2. The number of furan rings is 1. The van der Waals surface area contributed by atoms with Crippen LogP contribution < -0.4 is 10.6 Å². The van der Waals surface area contributed by atoms with Crippen LogP contribution in [0, 0.1) is 0 Å². The van der Waals surface area contributed by atoms with Crippen LogP contribution >= 0.6 is 0 Å². The minimum Gasteiger partial charge on any atom is -0.468 e. The number of hydrogen-bond acceptors (Lipinski definition) is 4. The highest BCUT2D eigenvalue weighted by Gasteiger charge is 2.27. The van der Waals surface area contributed by atoms with Crippen LogP contribution in [-0.4, -0.2) is 36.3 Å². The topological polar surface area (TPSA) is 74.6 Å². The second-order valence-electron chi connectivity index (χ2n) is 6.09. The molecule has 0 bridgehead atoms. The van der Waals surface area contributed by atoms with E-state index in [1.807, 2.05) is 18.2 Å². The van der Waals surface area contributed by atoms with Crippen molar-refractivity contribution in [2.24, 2.45) is 0 Å². The normalized spacial score (nSPS) is 15.2. The smallest absolute Gasteiger partial charge is 0.309 e. The third-order valence-corrected chi connectivity index (χ3v) is 4.47. The van der Waals surface area contributed by atoms with Gasteiger partial charge in [-0.05, 0) is 36.6 Å². The van der Waals surface area contributed by atoms with Crippen LogP contribution in [0.4, 0.5) is 0 Å². The predicted molar refractivity (Wildman–Crippen MR) is 93.7 cm³/mol. The Morgan fingerprint density at radius 3 is 2.60 bits per heavy atom. The zero-order chi connectivity index (χ0) is 17.6. The van der Waals surface area contributed by atoms with Crippen LogP contribution in [0.3, 0.4) is 0 Å². The van der Waals surface area contributed by atoms with Crippen LogP contribution in [0.25, 0.3) is 0 Å². The van der Waals surface area contributed by atoms with Crippen molar-refractivity contribution in [2.45, 2.75) is 25.9 Å². The molecule has 1 aliphatic rings. The van der Waals surface area contributed by atoms with E-state index < -0.39 is 11.8 Å². The highest BCUT2D eigenvalue weighted by molar-refractivity contribution is 6.35. The lowest BCUT2D eigenvalue weighted by Gasteiger charge is -2.34. The summed E-state index contributed by atoms with van der Waals surface area (Å²) in [5.74, 6) is -0.434. The lowest BCUT2D eigenvalue weighted by molar-refractivity contribution is -0.139. The molecule has 3 rings (SSSR count). The van der Waals surface area contributed by atoms with Gasteiger partial charge in [-0.2, -0.15) is 0 Å². The maximum Gasteiger partial charge on any atom is 0.309 e. The molecule has 2 amide bonds. The SMILES string of the molecule is CCNC(=O)C(=O)NCC(c1ccco1)N1CCc2ccccc2C1. The third kappa shape index (κ3) is 4.09. The molecular formula is C19H23N3O3. The summed E-state index contributed by atoms with van der Waals surface area (Å²) in [6.07, 6.45) is 2.59. The van der Waals surface area contributed by atoms with Gasteiger partial charge in [0.25, 0.3) is 0 Å². The first-order valence-corrected chi connectivity index (χ1v) is 8.59. The van der Waals surface area contributed by atoms with Gasteiger partial charge in [-0.15, -0.1) is 0 Å². The summed E-state index contributed by atoms with van der Waals surface area (Å²) < 4.78 is 5.58. The molecule has 1 aliphatic heterocycles. The summed E-state index contributed by atoms with van der Waals surface area (Å²) in [5.41, 5.74) is 2.66. The Labute approximate surface area is 147 Å². The van der Waals surface area contributed by atoms with Gasteiger partial charge in [0.1, 0.15) is 5.76 Å². The van der Waals surface area contributed by atoms with Crippen molar-refractivity contribution in [3.8, 4) is 0 Å². The largest absolute Gasteiger partial charge is 0.468 e. The highest BCUT2D eigenvalue weighted by atomic mass is 16.3. The summed E-state index contributed by atoms with van der Waals surface area (Å²) in [4.78, 5) is 25.8. The quantitative estimate of drug-likeness (QED) is 0.811. The van der Waals surface area contributed by atoms with Crippen LogP contribution in [-0.2, 0) is 22.6 Å². The van der Waals surface area contributed by atoms with Gasteiger partial charge in [0.2, 0.25) is 0 Å². The van der Waals surface area contributed by atoms with Crippen molar-refractivity contribution in [3.63, 3.8) is 0 Å². The van der Waals surface area contributed by atoms with E-state index in [9.17, 15) is 9.59 Å². The number of rotatable bonds is 5. The molecule has 0 saturated heterocycles. The summed E-state index contributed by atoms with van der Waals surface area (Å²) in [6.45, 7) is 4.20. The van der Waals surface area contributed by atoms with Gasteiger partial charge in [0.05, 0.1) is 12.3 Å². The van der Waals surface area contributed by atoms with Gasteiger partial charge in [0, 0.05) is 26.2 Å². The number of carbonyl (C=O) groups excluding carboxylic acids is 2. The Hall–Kier alpha value is -2.60. The van der Waals surface area contributed by atoms with Crippen LogP contribution in [0.2, 0.25) is 0 Å². The average molecular weight is 341 g/mol. The Bertz CT molecular complexity index is 727. The summed E-state index contributed by atoms with van der Waals surface area (Å²) in [7, 11) is 0. The molecule has 0 spiro atoms. The molecule has 6 nitrogen and oxygen atoms in total. The van der Waals surface area contributed by atoms with E-state index >= 15 is 0 Å². The van der Waals surface area contributed by atoms with E-state index in [-0.39, 0.29) is 6.04 Å². The molecule has 25 heavy (non-hydrogen) atoms. The summed E-state index contributed by atoms with van der Waals surface area (Å²) >= 11 is 0. The first-order valence-electron chi connectivity index (χ1n) is 8.59. The van der Waals surface area contributed by atoms with Crippen LogP contribution in [0.15, 0.2) is 47.1 Å². The maximum absolute atomic E-state index is 11.9. The minimum atomic E-state index is -0.615. The van der Waals surface area contributed by atoms with Gasteiger partial charge in [-0.25, -0.2) is 0 Å². The Morgan fingerprint density at radius 1 is 1.12 bits per heavy atom. The monoisotopic (exact) mass is 341 g/mol. The van der Waals surface area contributed by atoms with E-state index in [4.69, 9.17) is 4.42 Å². The molecule has 0 fully saturated rings. The van der Waals surface area contributed by atoms with Crippen molar-refractivity contribution in [2.75, 3.05) is 19.6 Å². The summed E-state index contributed by atoms with van der Waals surface area (Å²) in [6, 6.07) is 12.0. The average Bonchev–Trinajstić information content (AvgIpc) is 3.16. The number of carbonyl (C=O) groups is 2. The molecule has 2 heterocycles.